The number of hydrogen-bond acceptors (Lipinski definition) is 6. The van der Waals surface area contributed by atoms with Crippen LogP contribution in [-0.2, 0) is 16.0 Å². The van der Waals surface area contributed by atoms with Gasteiger partial charge in [-0.15, -0.1) is 0 Å². The van der Waals surface area contributed by atoms with Crippen molar-refractivity contribution in [3.05, 3.63) is 105 Å². The van der Waals surface area contributed by atoms with Gasteiger partial charge in [-0.3, -0.25) is 0 Å². The Morgan fingerprint density at radius 3 is 2.34 bits per heavy atom. The molecule has 35 heavy (non-hydrogen) atoms. The first-order valence-electron chi connectivity index (χ1n) is 11.3. The number of aliphatic hydroxyl groups is 3. The molecule has 0 bridgehead atoms. The number of rotatable bonds is 7. The summed E-state index contributed by atoms with van der Waals surface area (Å²) >= 11 is 6.47. The molecule has 0 amide bonds. The summed E-state index contributed by atoms with van der Waals surface area (Å²) in [7, 11) is 1.46. The maximum Gasteiger partial charge on any atom is 0.123 e. The first kappa shape index (κ1) is 25.3. The van der Waals surface area contributed by atoms with E-state index in [2.05, 4.69) is 5.16 Å². The first-order valence-corrected chi connectivity index (χ1v) is 11.6. The van der Waals surface area contributed by atoms with Crippen LogP contribution in [0.25, 0.3) is 0 Å². The predicted molar refractivity (Wildman–Crippen MR) is 131 cm³/mol. The molecule has 0 spiro atoms. The Morgan fingerprint density at radius 1 is 1.06 bits per heavy atom. The van der Waals surface area contributed by atoms with Gasteiger partial charge in [0.05, 0.1) is 18.8 Å². The van der Waals surface area contributed by atoms with Crippen LogP contribution in [0.2, 0.25) is 5.02 Å². The molecular weight excluding hydrogens is 473 g/mol. The second-order valence-corrected chi connectivity index (χ2v) is 8.90. The Morgan fingerprint density at radius 2 is 1.71 bits per heavy atom. The molecule has 0 saturated carbocycles. The molecule has 1 saturated heterocycles. The summed E-state index contributed by atoms with van der Waals surface area (Å²) in [6, 6.07) is 19.4. The van der Waals surface area contributed by atoms with Crippen LogP contribution in [0.15, 0.2) is 71.9 Å². The highest BCUT2D eigenvalue weighted by Crippen LogP contribution is 2.34. The summed E-state index contributed by atoms with van der Waals surface area (Å²) < 4.78 is 19.1. The molecule has 1 fully saturated rings. The fraction of sp³-hybridized carbons (Fsp3) is 0.296. The Balaban J connectivity index is 1.53. The molecule has 3 N–H and O–H groups in total. The number of hydrogen-bond donors (Lipinski definition) is 3. The Hall–Kier alpha value is -2.81. The van der Waals surface area contributed by atoms with Crippen LogP contribution < -0.4 is 0 Å². The van der Waals surface area contributed by atoms with Gasteiger partial charge in [-0.2, -0.15) is 0 Å². The average Bonchev–Trinajstić information content (AvgIpc) is 2.87. The molecule has 4 unspecified atom stereocenters. The first-order chi connectivity index (χ1) is 16.9. The van der Waals surface area contributed by atoms with E-state index in [0.29, 0.717) is 17.2 Å². The van der Waals surface area contributed by atoms with E-state index < -0.39 is 24.4 Å². The highest BCUT2D eigenvalue weighted by molar-refractivity contribution is 6.31. The third-order valence-corrected chi connectivity index (χ3v) is 6.48. The fourth-order valence-electron chi connectivity index (χ4n) is 4.22. The normalized spacial score (nSPS) is 22.7. The van der Waals surface area contributed by atoms with Gasteiger partial charge in [-0.05, 0) is 53.4 Å². The van der Waals surface area contributed by atoms with Crippen LogP contribution in [0.1, 0.15) is 40.3 Å². The second-order valence-electron chi connectivity index (χ2n) is 8.49. The minimum atomic E-state index is -1.12. The minimum absolute atomic E-state index is 0.221. The van der Waals surface area contributed by atoms with E-state index in [0.717, 1.165) is 27.8 Å². The van der Waals surface area contributed by atoms with Crippen LogP contribution in [-0.4, -0.2) is 53.1 Å². The van der Waals surface area contributed by atoms with Crippen molar-refractivity contribution in [3.63, 3.8) is 0 Å². The Kier molecular flexibility index (Phi) is 8.15. The predicted octanol–water partition coefficient (Wildman–Crippen LogP) is 4.01. The summed E-state index contributed by atoms with van der Waals surface area (Å²) in [6.07, 6.45) is -2.64. The molecule has 8 heteroatoms. The van der Waals surface area contributed by atoms with E-state index >= 15 is 0 Å². The zero-order valence-corrected chi connectivity index (χ0v) is 19.9. The zero-order valence-electron chi connectivity index (χ0n) is 19.1. The van der Waals surface area contributed by atoms with Crippen LogP contribution in [0, 0.1) is 5.82 Å². The van der Waals surface area contributed by atoms with Crippen LogP contribution in [0.3, 0.4) is 0 Å². The molecule has 4 rings (SSSR count). The van der Waals surface area contributed by atoms with Gasteiger partial charge >= 0.3 is 0 Å². The fourth-order valence-corrected chi connectivity index (χ4v) is 4.41. The average molecular weight is 500 g/mol. The summed E-state index contributed by atoms with van der Waals surface area (Å²) in [5, 5.41) is 34.3. The van der Waals surface area contributed by atoms with Gasteiger partial charge in [0.2, 0.25) is 0 Å². The van der Waals surface area contributed by atoms with Crippen molar-refractivity contribution in [2.45, 2.75) is 37.3 Å². The largest absolute Gasteiger partial charge is 0.399 e. The number of ether oxygens (including phenoxy) is 1. The molecule has 3 aromatic carbocycles. The van der Waals surface area contributed by atoms with E-state index in [1.165, 1.54) is 19.2 Å². The van der Waals surface area contributed by atoms with Crippen LogP contribution in [0.5, 0.6) is 0 Å². The van der Waals surface area contributed by atoms with Crippen molar-refractivity contribution in [2.75, 3.05) is 13.7 Å². The van der Waals surface area contributed by atoms with Crippen molar-refractivity contribution in [1.82, 2.24) is 0 Å². The maximum absolute atomic E-state index is 13.3. The third kappa shape index (κ3) is 5.89. The Bertz CT molecular complexity index is 1170. The zero-order chi connectivity index (χ0) is 24.9. The number of halogens is 2. The van der Waals surface area contributed by atoms with Crippen LogP contribution >= 0.6 is 11.6 Å². The van der Waals surface area contributed by atoms with Gasteiger partial charge in [0.15, 0.2) is 0 Å². The van der Waals surface area contributed by atoms with Crippen molar-refractivity contribution < 1.29 is 29.3 Å². The number of nitrogens with zero attached hydrogens (tertiary/aromatic N) is 1. The topological polar surface area (TPSA) is 91.5 Å². The molecule has 184 valence electrons. The number of oxime groups is 1. The van der Waals surface area contributed by atoms with Gasteiger partial charge in [0, 0.05) is 22.6 Å². The van der Waals surface area contributed by atoms with Crippen LogP contribution in [0.4, 0.5) is 4.39 Å². The molecular formula is C27H27ClFNO5. The van der Waals surface area contributed by atoms with E-state index in [1.807, 2.05) is 36.4 Å². The monoisotopic (exact) mass is 499 g/mol. The second kappa shape index (κ2) is 11.3. The lowest BCUT2D eigenvalue weighted by Crippen LogP contribution is -2.47. The van der Waals surface area contributed by atoms with Crippen molar-refractivity contribution in [3.8, 4) is 0 Å². The lowest BCUT2D eigenvalue weighted by molar-refractivity contribution is -0.181. The Labute approximate surface area is 208 Å². The van der Waals surface area contributed by atoms with E-state index in [-0.39, 0.29) is 18.8 Å². The minimum Gasteiger partial charge on any atom is -0.399 e. The SMILES string of the molecule is CON=C(c1ccc(F)cc1)c1ccc(Cc2cc(C3CC(O)C(O)C(CO)O3)ccc2Cl)cc1. The summed E-state index contributed by atoms with van der Waals surface area (Å²) in [5.74, 6) is -0.323. The van der Waals surface area contributed by atoms with E-state index in [1.54, 1.807) is 18.2 Å². The van der Waals surface area contributed by atoms with E-state index in [4.69, 9.17) is 21.2 Å². The molecule has 0 aromatic heterocycles. The summed E-state index contributed by atoms with van der Waals surface area (Å²) in [4.78, 5) is 5.00. The quantitative estimate of drug-likeness (QED) is 0.337. The molecule has 0 radical (unpaired) electrons. The summed E-state index contributed by atoms with van der Waals surface area (Å²) in [5.41, 5.74) is 4.85. The smallest absolute Gasteiger partial charge is 0.123 e. The van der Waals surface area contributed by atoms with E-state index in [9.17, 15) is 19.7 Å². The molecule has 1 aliphatic heterocycles. The lowest BCUT2D eigenvalue weighted by Gasteiger charge is -2.36. The highest BCUT2D eigenvalue weighted by atomic mass is 35.5. The van der Waals surface area contributed by atoms with Crippen molar-refractivity contribution in [1.29, 1.82) is 0 Å². The summed E-state index contributed by atoms with van der Waals surface area (Å²) in [6.45, 7) is -0.381. The maximum atomic E-state index is 13.3. The van der Waals surface area contributed by atoms with Gasteiger partial charge in [-0.1, -0.05) is 53.2 Å². The standard InChI is InChI=1S/C27H27ClFNO5/c1-34-30-26(18-6-9-21(29)10-7-18)17-4-2-16(3-5-17)12-20-13-19(8-11-22(20)28)24-14-23(32)27(33)25(15-31)35-24/h2-11,13,23-25,27,31-33H,12,14-15H2,1H3. The molecule has 6 nitrogen and oxygen atoms in total. The van der Waals surface area contributed by atoms with Gasteiger partial charge in [-0.25, -0.2) is 4.39 Å². The molecule has 1 heterocycles. The molecule has 3 aromatic rings. The molecule has 1 aliphatic rings. The van der Waals surface area contributed by atoms with Crippen molar-refractivity contribution in [2.24, 2.45) is 5.16 Å². The highest BCUT2D eigenvalue weighted by Gasteiger charge is 2.37. The molecule has 0 aliphatic carbocycles. The van der Waals surface area contributed by atoms with Crippen molar-refractivity contribution >= 4 is 17.3 Å². The van der Waals surface area contributed by atoms with Gasteiger partial charge < -0.3 is 24.9 Å². The van der Waals surface area contributed by atoms with Gasteiger partial charge in [0.1, 0.15) is 30.8 Å². The number of aliphatic hydroxyl groups excluding tert-OH is 3. The van der Waals surface area contributed by atoms with Gasteiger partial charge in [0.25, 0.3) is 0 Å². The third-order valence-electron chi connectivity index (χ3n) is 6.11. The lowest BCUT2D eigenvalue weighted by atomic mass is 9.92. The molecule has 4 atom stereocenters. The number of benzene rings is 3.